The van der Waals surface area contributed by atoms with E-state index in [-0.39, 0.29) is 42.1 Å². The second-order valence-electron chi connectivity index (χ2n) is 8.73. The molecule has 35 heavy (non-hydrogen) atoms. The van der Waals surface area contributed by atoms with Crippen molar-refractivity contribution < 1.29 is 18.7 Å². The Hall–Kier alpha value is -3.46. The van der Waals surface area contributed by atoms with Crippen molar-refractivity contribution in [3.63, 3.8) is 0 Å². The van der Waals surface area contributed by atoms with E-state index in [2.05, 4.69) is 20.9 Å². The fourth-order valence-corrected chi connectivity index (χ4v) is 4.87. The standard InChI is InChI=1S/C26H29FN4O3S/c1-16-11-12-19(17(2)13-16)30-26(33)31-21-9-5-4-8-20(21)29-25(32)22-15-35-24(28-22)14-34-23-10-6-3-7-18(23)27/h3,6-7,10-13,15,20-21H,4-5,8-9,14H2,1-2H3,(H,29,32)(H2,30,31,33)/t20-,21-/m0/s1. The molecule has 0 aliphatic heterocycles. The Morgan fingerprint density at radius 1 is 1.09 bits per heavy atom. The molecule has 0 spiro atoms. The zero-order valence-electron chi connectivity index (χ0n) is 19.8. The first-order chi connectivity index (χ1) is 16.9. The largest absolute Gasteiger partial charge is 0.483 e. The van der Waals surface area contributed by atoms with Gasteiger partial charge in [-0.15, -0.1) is 11.3 Å². The molecule has 3 N–H and O–H groups in total. The summed E-state index contributed by atoms with van der Waals surface area (Å²) in [5.41, 5.74) is 3.17. The van der Waals surface area contributed by atoms with Crippen LogP contribution in [0.5, 0.6) is 5.75 Å². The van der Waals surface area contributed by atoms with Gasteiger partial charge in [0.15, 0.2) is 11.6 Å². The molecule has 1 heterocycles. The van der Waals surface area contributed by atoms with Gasteiger partial charge in [-0.1, -0.05) is 42.7 Å². The molecular weight excluding hydrogens is 467 g/mol. The molecule has 1 aliphatic carbocycles. The number of urea groups is 1. The number of benzene rings is 2. The van der Waals surface area contributed by atoms with E-state index in [1.165, 1.54) is 17.4 Å². The highest BCUT2D eigenvalue weighted by Gasteiger charge is 2.29. The highest BCUT2D eigenvalue weighted by molar-refractivity contribution is 7.09. The van der Waals surface area contributed by atoms with Crippen LogP contribution in [-0.4, -0.2) is 29.0 Å². The van der Waals surface area contributed by atoms with Crippen LogP contribution in [0.4, 0.5) is 14.9 Å². The number of nitrogens with one attached hydrogen (secondary N) is 3. The third kappa shape index (κ3) is 6.57. The second-order valence-corrected chi connectivity index (χ2v) is 9.68. The molecule has 2 aromatic carbocycles. The van der Waals surface area contributed by atoms with Gasteiger partial charge in [-0.3, -0.25) is 4.79 Å². The minimum Gasteiger partial charge on any atom is -0.483 e. The number of aromatic nitrogens is 1. The predicted molar refractivity (Wildman–Crippen MR) is 134 cm³/mol. The van der Waals surface area contributed by atoms with Crippen LogP contribution in [0.15, 0.2) is 47.8 Å². The van der Waals surface area contributed by atoms with Crippen molar-refractivity contribution in [1.82, 2.24) is 15.6 Å². The second kappa shape index (κ2) is 11.3. The molecule has 0 unspecified atom stereocenters. The number of anilines is 1. The highest BCUT2D eigenvalue weighted by Crippen LogP contribution is 2.22. The topological polar surface area (TPSA) is 92.4 Å². The summed E-state index contributed by atoms with van der Waals surface area (Å²) >= 11 is 1.28. The number of hydrogen-bond acceptors (Lipinski definition) is 5. The molecule has 9 heteroatoms. The lowest BCUT2D eigenvalue weighted by molar-refractivity contribution is 0.0911. The fourth-order valence-electron chi connectivity index (χ4n) is 4.18. The van der Waals surface area contributed by atoms with E-state index in [1.54, 1.807) is 23.6 Å². The van der Waals surface area contributed by atoms with Gasteiger partial charge in [-0.2, -0.15) is 0 Å². The summed E-state index contributed by atoms with van der Waals surface area (Å²) in [5, 5.41) is 11.2. The van der Waals surface area contributed by atoms with Gasteiger partial charge in [0.25, 0.3) is 5.91 Å². The lowest BCUT2D eigenvalue weighted by Crippen LogP contribution is -2.54. The summed E-state index contributed by atoms with van der Waals surface area (Å²) < 4.78 is 19.2. The molecule has 1 aromatic heterocycles. The lowest BCUT2D eigenvalue weighted by atomic mass is 9.90. The van der Waals surface area contributed by atoms with E-state index in [0.29, 0.717) is 5.01 Å². The number of para-hydroxylation sites is 1. The monoisotopic (exact) mass is 496 g/mol. The maximum atomic E-state index is 13.7. The van der Waals surface area contributed by atoms with E-state index in [0.717, 1.165) is 42.5 Å². The van der Waals surface area contributed by atoms with Gasteiger partial charge in [-0.05, 0) is 50.5 Å². The van der Waals surface area contributed by atoms with Crippen LogP contribution >= 0.6 is 11.3 Å². The minimum absolute atomic E-state index is 0.0745. The Kier molecular flexibility index (Phi) is 7.97. The molecule has 7 nitrogen and oxygen atoms in total. The van der Waals surface area contributed by atoms with Crippen molar-refractivity contribution in [3.05, 3.63) is 75.5 Å². The van der Waals surface area contributed by atoms with E-state index >= 15 is 0 Å². The summed E-state index contributed by atoms with van der Waals surface area (Å²) in [4.78, 5) is 29.8. The molecule has 1 saturated carbocycles. The summed E-state index contributed by atoms with van der Waals surface area (Å²) in [6.45, 7) is 4.04. The predicted octanol–water partition coefficient (Wildman–Crippen LogP) is 5.34. The van der Waals surface area contributed by atoms with Gasteiger partial charge in [-0.25, -0.2) is 14.2 Å². The Labute approximate surface area is 208 Å². The Bertz CT molecular complexity index is 1200. The van der Waals surface area contributed by atoms with Gasteiger partial charge < -0.3 is 20.7 Å². The average Bonchev–Trinajstić information content (AvgIpc) is 3.31. The van der Waals surface area contributed by atoms with Crippen molar-refractivity contribution in [3.8, 4) is 5.75 Å². The zero-order chi connectivity index (χ0) is 24.8. The maximum absolute atomic E-state index is 13.7. The van der Waals surface area contributed by atoms with E-state index in [9.17, 15) is 14.0 Å². The summed E-state index contributed by atoms with van der Waals surface area (Å²) in [6, 6.07) is 11.4. The minimum atomic E-state index is -0.445. The lowest BCUT2D eigenvalue weighted by Gasteiger charge is -2.32. The maximum Gasteiger partial charge on any atom is 0.319 e. The van der Waals surface area contributed by atoms with E-state index in [4.69, 9.17) is 4.74 Å². The van der Waals surface area contributed by atoms with Crippen LogP contribution < -0.4 is 20.7 Å². The number of carbonyl (C=O) groups excluding carboxylic acids is 2. The first-order valence-electron chi connectivity index (χ1n) is 11.7. The Morgan fingerprint density at radius 3 is 2.57 bits per heavy atom. The third-order valence-corrected chi connectivity index (χ3v) is 6.82. The van der Waals surface area contributed by atoms with Gasteiger partial charge in [0.05, 0.1) is 6.04 Å². The summed E-state index contributed by atoms with van der Waals surface area (Å²) in [6.07, 6.45) is 3.51. The number of nitrogens with zero attached hydrogens (tertiary/aromatic N) is 1. The average molecular weight is 497 g/mol. The number of hydrogen-bond donors (Lipinski definition) is 3. The SMILES string of the molecule is Cc1ccc(NC(=O)N[C@H]2CCCC[C@@H]2NC(=O)c2csc(COc3ccccc3F)n2)c(C)c1. The normalized spacial score (nSPS) is 17.5. The summed E-state index contributed by atoms with van der Waals surface area (Å²) in [5.74, 6) is -0.602. The van der Waals surface area contributed by atoms with Crippen LogP contribution in [0.25, 0.3) is 0 Å². The van der Waals surface area contributed by atoms with Crippen molar-refractivity contribution in [2.75, 3.05) is 5.32 Å². The Morgan fingerprint density at radius 2 is 1.83 bits per heavy atom. The third-order valence-electron chi connectivity index (χ3n) is 6.00. The van der Waals surface area contributed by atoms with Gasteiger partial charge in [0, 0.05) is 17.1 Å². The summed E-state index contributed by atoms with van der Waals surface area (Å²) in [7, 11) is 0. The van der Waals surface area contributed by atoms with E-state index in [1.807, 2.05) is 32.0 Å². The molecule has 3 amide bonds. The molecule has 2 atom stereocenters. The van der Waals surface area contributed by atoms with Crippen molar-refractivity contribution >= 4 is 29.0 Å². The molecule has 4 rings (SSSR count). The number of rotatable bonds is 7. The van der Waals surface area contributed by atoms with Crippen molar-refractivity contribution in [2.45, 2.75) is 58.2 Å². The van der Waals surface area contributed by atoms with E-state index < -0.39 is 5.82 Å². The highest BCUT2D eigenvalue weighted by atomic mass is 32.1. The number of halogens is 1. The quantitative estimate of drug-likeness (QED) is 0.412. The zero-order valence-corrected chi connectivity index (χ0v) is 20.6. The van der Waals surface area contributed by atoms with Crippen LogP contribution in [0.3, 0.4) is 0 Å². The van der Waals surface area contributed by atoms with Gasteiger partial charge in [0.1, 0.15) is 17.3 Å². The molecule has 1 aliphatic rings. The molecule has 0 saturated heterocycles. The van der Waals surface area contributed by atoms with Crippen molar-refractivity contribution in [2.24, 2.45) is 0 Å². The molecular formula is C26H29FN4O3S. The number of aryl methyl sites for hydroxylation is 2. The first-order valence-corrected chi connectivity index (χ1v) is 12.5. The molecule has 184 valence electrons. The van der Waals surface area contributed by atoms with Crippen molar-refractivity contribution in [1.29, 1.82) is 0 Å². The first kappa shape index (κ1) is 24.7. The molecule has 3 aromatic rings. The number of thiazole rings is 1. The fraction of sp³-hybridized carbons (Fsp3) is 0.346. The van der Waals surface area contributed by atoms with Crippen LogP contribution in [0, 0.1) is 19.7 Å². The number of carbonyl (C=O) groups is 2. The van der Waals surface area contributed by atoms with Crippen LogP contribution in [0.2, 0.25) is 0 Å². The van der Waals surface area contributed by atoms with Crippen LogP contribution in [0.1, 0.15) is 52.3 Å². The van der Waals surface area contributed by atoms with Gasteiger partial charge in [0.2, 0.25) is 0 Å². The number of amides is 3. The number of ether oxygens (including phenoxy) is 1. The smallest absolute Gasteiger partial charge is 0.319 e. The van der Waals surface area contributed by atoms with Gasteiger partial charge >= 0.3 is 6.03 Å². The Balaban J connectivity index is 1.32. The molecule has 0 radical (unpaired) electrons. The molecule has 1 fully saturated rings. The molecule has 0 bridgehead atoms. The van der Waals surface area contributed by atoms with Crippen LogP contribution in [-0.2, 0) is 6.61 Å².